The van der Waals surface area contributed by atoms with Crippen LogP contribution in [-0.4, -0.2) is 57.4 Å². The van der Waals surface area contributed by atoms with Gasteiger partial charge in [0.25, 0.3) is 0 Å². The molecule has 3 rings (SSSR count). The number of ether oxygens (including phenoxy) is 1. The molecule has 1 aliphatic heterocycles. The molecule has 2 aromatic heterocycles. The molecule has 0 radical (unpaired) electrons. The van der Waals surface area contributed by atoms with Gasteiger partial charge >= 0.3 is 5.97 Å². The third kappa shape index (κ3) is 4.76. The van der Waals surface area contributed by atoms with Gasteiger partial charge in [-0.15, -0.1) is 15.3 Å². The Morgan fingerprint density at radius 2 is 2.04 bits per heavy atom. The van der Waals surface area contributed by atoms with Gasteiger partial charge in [0.2, 0.25) is 5.91 Å². The summed E-state index contributed by atoms with van der Waals surface area (Å²) >= 11 is 0. The van der Waals surface area contributed by atoms with Crippen LogP contribution in [0.1, 0.15) is 45.9 Å². The van der Waals surface area contributed by atoms with Gasteiger partial charge in [0.1, 0.15) is 11.9 Å². The first-order valence-corrected chi connectivity index (χ1v) is 9.90. The highest BCUT2D eigenvalue weighted by molar-refractivity contribution is 5.84. The van der Waals surface area contributed by atoms with E-state index < -0.39 is 12.0 Å². The van der Waals surface area contributed by atoms with Crippen LogP contribution in [0.15, 0.2) is 12.1 Å². The zero-order chi connectivity index (χ0) is 20.1. The van der Waals surface area contributed by atoms with Gasteiger partial charge < -0.3 is 15.0 Å². The second kappa shape index (κ2) is 8.99. The minimum atomic E-state index is -0.672. The van der Waals surface area contributed by atoms with Gasteiger partial charge in [0.15, 0.2) is 11.5 Å². The Hall–Kier alpha value is -2.71. The first-order valence-electron chi connectivity index (χ1n) is 9.90. The van der Waals surface area contributed by atoms with Crippen molar-refractivity contribution in [3.8, 4) is 0 Å². The van der Waals surface area contributed by atoms with Crippen LogP contribution < -0.4 is 10.2 Å². The lowest BCUT2D eigenvalue weighted by Crippen LogP contribution is -2.39. The molecule has 1 aliphatic rings. The van der Waals surface area contributed by atoms with Crippen LogP contribution in [0, 0.1) is 5.92 Å². The van der Waals surface area contributed by atoms with Gasteiger partial charge in [0.05, 0.1) is 6.61 Å². The standard InChI is InChI=1S/C19H28N6O3/c1-4-28-19(27)14(3)20-18(26)8-7-16-22-21-15-5-6-17(23-25(15)16)24-11-9-13(2)10-12-24/h5-6,13-14H,4,7-12H2,1-3H3,(H,20,26)/t14-/m0/s1. The largest absolute Gasteiger partial charge is 0.464 e. The number of fused-ring (bicyclic) bond motifs is 1. The summed E-state index contributed by atoms with van der Waals surface area (Å²) in [7, 11) is 0. The molecule has 1 fully saturated rings. The molecule has 0 bridgehead atoms. The number of amides is 1. The number of aryl methyl sites for hydroxylation is 1. The number of nitrogens with one attached hydrogen (secondary N) is 1. The van der Waals surface area contributed by atoms with E-state index in [1.54, 1.807) is 18.4 Å². The quantitative estimate of drug-likeness (QED) is 0.715. The van der Waals surface area contributed by atoms with Gasteiger partial charge in [-0.25, -0.2) is 4.79 Å². The Morgan fingerprint density at radius 3 is 2.75 bits per heavy atom. The summed E-state index contributed by atoms with van der Waals surface area (Å²) in [6.07, 6.45) is 2.90. The van der Waals surface area contributed by atoms with Crippen molar-refractivity contribution in [3.63, 3.8) is 0 Å². The number of carbonyl (C=O) groups excluding carboxylic acids is 2. The van der Waals surface area contributed by atoms with Crippen molar-refractivity contribution in [2.24, 2.45) is 5.92 Å². The van der Waals surface area contributed by atoms with Crippen molar-refractivity contribution in [3.05, 3.63) is 18.0 Å². The molecule has 0 saturated carbocycles. The lowest BCUT2D eigenvalue weighted by Gasteiger charge is -2.30. The van der Waals surface area contributed by atoms with Crippen LogP contribution >= 0.6 is 0 Å². The Balaban J connectivity index is 1.62. The molecule has 9 nitrogen and oxygen atoms in total. The topological polar surface area (TPSA) is 102 Å². The fourth-order valence-corrected chi connectivity index (χ4v) is 3.25. The van der Waals surface area contributed by atoms with E-state index in [-0.39, 0.29) is 18.9 Å². The predicted octanol–water partition coefficient (Wildman–Crippen LogP) is 1.36. The number of hydrogen-bond acceptors (Lipinski definition) is 7. The highest BCUT2D eigenvalue weighted by Crippen LogP contribution is 2.21. The first kappa shape index (κ1) is 20.0. The van der Waals surface area contributed by atoms with E-state index in [1.807, 2.05) is 12.1 Å². The molecule has 1 amide bonds. The van der Waals surface area contributed by atoms with Gasteiger partial charge in [0, 0.05) is 25.9 Å². The molecule has 28 heavy (non-hydrogen) atoms. The maximum absolute atomic E-state index is 12.1. The van der Waals surface area contributed by atoms with Crippen LogP contribution in [-0.2, 0) is 20.7 Å². The van der Waals surface area contributed by atoms with Crippen molar-refractivity contribution in [1.82, 2.24) is 25.1 Å². The number of aromatic nitrogens is 4. The van der Waals surface area contributed by atoms with Gasteiger partial charge in [-0.05, 0) is 44.7 Å². The summed E-state index contributed by atoms with van der Waals surface area (Å²) in [6.45, 7) is 7.88. The van der Waals surface area contributed by atoms with E-state index in [1.165, 1.54) is 0 Å². The SMILES string of the molecule is CCOC(=O)[C@H](C)NC(=O)CCc1nnc2ccc(N3CCC(C)CC3)nn12. The van der Waals surface area contributed by atoms with E-state index in [2.05, 4.69) is 32.4 Å². The zero-order valence-corrected chi connectivity index (χ0v) is 16.7. The second-order valence-corrected chi connectivity index (χ2v) is 7.29. The number of anilines is 1. The van der Waals surface area contributed by atoms with E-state index in [0.717, 1.165) is 37.7 Å². The highest BCUT2D eigenvalue weighted by Gasteiger charge is 2.19. The number of carbonyl (C=O) groups is 2. The molecule has 3 heterocycles. The van der Waals surface area contributed by atoms with Gasteiger partial charge in [-0.1, -0.05) is 6.92 Å². The van der Waals surface area contributed by atoms with Crippen molar-refractivity contribution in [2.75, 3.05) is 24.6 Å². The summed E-state index contributed by atoms with van der Waals surface area (Å²) in [4.78, 5) is 26.0. The first-order chi connectivity index (χ1) is 13.5. The number of hydrogen-bond donors (Lipinski definition) is 1. The van der Waals surface area contributed by atoms with Crippen LogP contribution in [0.3, 0.4) is 0 Å². The van der Waals surface area contributed by atoms with E-state index in [4.69, 9.17) is 4.74 Å². The van der Waals surface area contributed by atoms with Crippen LogP contribution in [0.5, 0.6) is 0 Å². The lowest BCUT2D eigenvalue weighted by atomic mass is 9.99. The average molecular weight is 388 g/mol. The molecule has 9 heteroatoms. The zero-order valence-electron chi connectivity index (χ0n) is 16.7. The number of nitrogens with zero attached hydrogens (tertiary/aromatic N) is 5. The Bertz CT molecular complexity index is 828. The lowest BCUT2D eigenvalue weighted by molar-refractivity contribution is -0.146. The smallest absolute Gasteiger partial charge is 0.328 e. The Morgan fingerprint density at radius 1 is 1.29 bits per heavy atom. The van der Waals surface area contributed by atoms with E-state index >= 15 is 0 Å². The third-order valence-corrected chi connectivity index (χ3v) is 5.01. The molecular formula is C19H28N6O3. The number of rotatable bonds is 7. The molecule has 1 saturated heterocycles. The highest BCUT2D eigenvalue weighted by atomic mass is 16.5. The molecule has 0 aromatic carbocycles. The Labute approximate surface area is 164 Å². The molecule has 1 atom stereocenters. The molecule has 0 spiro atoms. The summed E-state index contributed by atoms with van der Waals surface area (Å²) in [5.74, 6) is 1.60. The Kier molecular flexibility index (Phi) is 6.43. The molecule has 0 aliphatic carbocycles. The summed E-state index contributed by atoms with van der Waals surface area (Å²) in [5.41, 5.74) is 0.657. The molecule has 2 aromatic rings. The fourth-order valence-electron chi connectivity index (χ4n) is 3.25. The second-order valence-electron chi connectivity index (χ2n) is 7.29. The maximum Gasteiger partial charge on any atom is 0.328 e. The van der Waals surface area contributed by atoms with Crippen molar-refractivity contribution >= 4 is 23.3 Å². The van der Waals surface area contributed by atoms with Crippen molar-refractivity contribution < 1.29 is 14.3 Å². The number of piperidine rings is 1. The fraction of sp³-hybridized carbons (Fsp3) is 0.632. The third-order valence-electron chi connectivity index (χ3n) is 5.01. The van der Waals surface area contributed by atoms with Gasteiger partial charge in [-0.2, -0.15) is 4.52 Å². The average Bonchev–Trinajstić information content (AvgIpc) is 3.09. The summed E-state index contributed by atoms with van der Waals surface area (Å²) in [5, 5.41) is 15.6. The molecule has 1 N–H and O–H groups in total. The minimum Gasteiger partial charge on any atom is -0.464 e. The van der Waals surface area contributed by atoms with Crippen LogP contribution in [0.4, 0.5) is 5.82 Å². The monoisotopic (exact) mass is 388 g/mol. The normalized spacial score (nSPS) is 16.2. The van der Waals surface area contributed by atoms with E-state index in [0.29, 0.717) is 17.9 Å². The van der Waals surface area contributed by atoms with E-state index in [9.17, 15) is 9.59 Å². The van der Waals surface area contributed by atoms with Gasteiger partial charge in [-0.3, -0.25) is 4.79 Å². The molecule has 0 unspecified atom stereocenters. The molecular weight excluding hydrogens is 360 g/mol. The van der Waals surface area contributed by atoms with Crippen LogP contribution in [0.25, 0.3) is 5.65 Å². The predicted molar refractivity (Wildman–Crippen MR) is 104 cm³/mol. The van der Waals surface area contributed by atoms with Crippen molar-refractivity contribution in [2.45, 2.75) is 52.5 Å². The minimum absolute atomic E-state index is 0.192. The van der Waals surface area contributed by atoms with Crippen molar-refractivity contribution in [1.29, 1.82) is 0 Å². The maximum atomic E-state index is 12.1. The number of esters is 1. The summed E-state index contributed by atoms with van der Waals surface area (Å²) < 4.78 is 6.60. The summed E-state index contributed by atoms with van der Waals surface area (Å²) in [6, 6.07) is 3.20. The van der Waals surface area contributed by atoms with Crippen LogP contribution in [0.2, 0.25) is 0 Å². The molecule has 152 valence electrons.